The molecule has 2 aliphatic heterocycles. The van der Waals surface area contributed by atoms with Crippen molar-refractivity contribution in [3.05, 3.63) is 11.8 Å². The van der Waals surface area contributed by atoms with E-state index in [1.165, 1.54) is 0 Å². The Labute approximate surface area is 184 Å². The molecule has 11 heteroatoms. The highest BCUT2D eigenvalue weighted by Gasteiger charge is 2.47. The molecule has 1 aromatic heterocycles. The van der Waals surface area contributed by atoms with E-state index in [0.29, 0.717) is 30.6 Å². The fourth-order valence-electron chi connectivity index (χ4n) is 3.56. The van der Waals surface area contributed by atoms with Gasteiger partial charge >= 0.3 is 12.2 Å². The lowest BCUT2D eigenvalue weighted by molar-refractivity contribution is -0.139. The van der Waals surface area contributed by atoms with E-state index in [2.05, 4.69) is 20.9 Å². The van der Waals surface area contributed by atoms with Crippen LogP contribution in [0.15, 0.2) is 4.99 Å². The molecule has 3 atom stereocenters. The fourth-order valence-corrected chi connectivity index (χ4v) is 3.56. The molecule has 0 spiro atoms. The van der Waals surface area contributed by atoms with E-state index >= 15 is 0 Å². The highest BCUT2D eigenvalue weighted by molar-refractivity contribution is 5.93. The second-order valence-electron chi connectivity index (χ2n) is 7.85. The minimum absolute atomic E-state index is 0.0142. The first-order chi connectivity index (χ1) is 15.2. The summed E-state index contributed by atoms with van der Waals surface area (Å²) in [5.41, 5.74) is 4.99. The summed E-state index contributed by atoms with van der Waals surface area (Å²) in [5.74, 6) is 2.01. The number of aromatic nitrogens is 2. The van der Waals surface area contributed by atoms with Crippen molar-refractivity contribution in [1.29, 1.82) is 0 Å². The van der Waals surface area contributed by atoms with Crippen LogP contribution in [0.1, 0.15) is 38.8 Å². The number of fused-ring (bicyclic) bond motifs is 1. The van der Waals surface area contributed by atoms with Crippen LogP contribution in [0.4, 0.5) is 20.7 Å². The minimum atomic E-state index is -1.56. The molecule has 0 amide bonds. The second kappa shape index (κ2) is 10.0. The van der Waals surface area contributed by atoms with E-state index in [1.54, 1.807) is 20.1 Å². The van der Waals surface area contributed by atoms with Gasteiger partial charge in [0.15, 0.2) is 18.4 Å². The molecule has 172 valence electrons. The lowest BCUT2D eigenvalue weighted by atomic mass is 9.94. The smallest absolute Gasteiger partial charge is 0.432 e. The van der Waals surface area contributed by atoms with Crippen molar-refractivity contribution in [3.63, 3.8) is 0 Å². The standard InChI is InChI=1S/C21H25FN4O6/c1-4-21(10-29-11-30-20(28)31-12(2)3)16(27)8-14(32-21)7-13-5-6-15-17(24-9-13)18(23)26-19(22)25-15/h1,9,12-14H,5-8,10-11H2,2-3H3,(H2,23,25,26)/t13?,14-,21+/m0/s1. The number of aryl methyl sites for hydroxylation is 1. The number of nitrogen functional groups attached to an aromatic ring is 1. The van der Waals surface area contributed by atoms with Crippen LogP contribution in [0.2, 0.25) is 0 Å². The maximum atomic E-state index is 13.4. The highest BCUT2D eigenvalue weighted by Crippen LogP contribution is 2.34. The monoisotopic (exact) mass is 448 g/mol. The number of Topliss-reactive ketones (excluding diaryl/α,β-unsaturated/α-hetero) is 1. The third-order valence-corrected chi connectivity index (χ3v) is 5.05. The summed E-state index contributed by atoms with van der Waals surface area (Å²) < 4.78 is 34.2. The van der Waals surface area contributed by atoms with Crippen LogP contribution in [0.25, 0.3) is 0 Å². The summed E-state index contributed by atoms with van der Waals surface area (Å²) in [4.78, 5) is 35.6. The maximum absolute atomic E-state index is 13.4. The third kappa shape index (κ3) is 5.57. The Hall–Kier alpha value is -3.10. The number of ketones is 1. The Morgan fingerprint density at radius 2 is 2.25 bits per heavy atom. The van der Waals surface area contributed by atoms with Gasteiger partial charge in [-0.3, -0.25) is 9.79 Å². The number of nitrogens with two attached hydrogens (primary N) is 1. The molecule has 0 radical (unpaired) electrons. The molecule has 10 nitrogen and oxygen atoms in total. The van der Waals surface area contributed by atoms with E-state index < -0.39 is 30.7 Å². The van der Waals surface area contributed by atoms with Crippen molar-refractivity contribution in [2.75, 3.05) is 19.1 Å². The molecular formula is C21H25FN4O6. The van der Waals surface area contributed by atoms with Crippen LogP contribution >= 0.6 is 0 Å². The molecule has 1 fully saturated rings. The Morgan fingerprint density at radius 3 is 2.97 bits per heavy atom. The molecule has 3 heterocycles. The summed E-state index contributed by atoms with van der Waals surface area (Å²) in [6.45, 7) is 2.67. The predicted molar refractivity (Wildman–Crippen MR) is 111 cm³/mol. The number of ether oxygens (including phenoxy) is 4. The zero-order valence-electron chi connectivity index (χ0n) is 17.9. The SMILES string of the molecule is C#C[C@]1(COCOC(=O)OC(C)C)O[C@@H](CC2C=Nc3c(N)nc(F)nc3CC2)CC1=O. The summed E-state index contributed by atoms with van der Waals surface area (Å²) in [6.07, 6.45) is 6.37. The van der Waals surface area contributed by atoms with Gasteiger partial charge in [-0.25, -0.2) is 9.78 Å². The molecule has 0 saturated carbocycles. The van der Waals surface area contributed by atoms with Gasteiger partial charge in [0, 0.05) is 12.6 Å². The predicted octanol–water partition coefficient (Wildman–Crippen LogP) is 2.12. The van der Waals surface area contributed by atoms with Crippen LogP contribution in [0.3, 0.4) is 0 Å². The minimum Gasteiger partial charge on any atom is -0.432 e. The number of carbonyl (C=O) groups is 2. The van der Waals surface area contributed by atoms with Crippen molar-refractivity contribution < 1.29 is 32.9 Å². The van der Waals surface area contributed by atoms with E-state index in [1.807, 2.05) is 0 Å². The molecule has 3 rings (SSSR count). The molecule has 1 aromatic rings. The second-order valence-corrected chi connectivity index (χ2v) is 7.85. The van der Waals surface area contributed by atoms with Crippen LogP contribution in [0, 0.1) is 24.3 Å². The highest BCUT2D eigenvalue weighted by atomic mass is 19.1. The quantitative estimate of drug-likeness (QED) is 0.219. The van der Waals surface area contributed by atoms with Crippen molar-refractivity contribution in [2.45, 2.75) is 57.3 Å². The summed E-state index contributed by atoms with van der Waals surface area (Å²) in [5, 5.41) is 0. The van der Waals surface area contributed by atoms with Gasteiger partial charge in [-0.15, -0.1) is 6.42 Å². The Kier molecular flexibility index (Phi) is 7.37. The molecule has 1 saturated heterocycles. The van der Waals surface area contributed by atoms with Crippen molar-refractivity contribution in [2.24, 2.45) is 10.9 Å². The van der Waals surface area contributed by atoms with Gasteiger partial charge in [-0.2, -0.15) is 9.37 Å². The van der Waals surface area contributed by atoms with E-state index in [9.17, 15) is 14.0 Å². The van der Waals surface area contributed by atoms with Gasteiger partial charge in [0.25, 0.3) is 0 Å². The number of hydrogen-bond acceptors (Lipinski definition) is 10. The van der Waals surface area contributed by atoms with Gasteiger partial charge in [0.05, 0.1) is 24.5 Å². The van der Waals surface area contributed by atoms with E-state index in [0.717, 1.165) is 0 Å². The van der Waals surface area contributed by atoms with Crippen LogP contribution in [-0.2, 0) is 30.2 Å². The van der Waals surface area contributed by atoms with Crippen molar-refractivity contribution in [1.82, 2.24) is 9.97 Å². The van der Waals surface area contributed by atoms with Gasteiger partial charge in [0.1, 0.15) is 5.69 Å². The summed E-state index contributed by atoms with van der Waals surface area (Å²) >= 11 is 0. The third-order valence-electron chi connectivity index (χ3n) is 5.05. The average Bonchev–Trinajstić information content (AvgIpc) is 2.88. The number of halogens is 1. The number of hydrogen-bond donors (Lipinski definition) is 1. The zero-order chi connectivity index (χ0) is 23.3. The first-order valence-corrected chi connectivity index (χ1v) is 10.2. The first-order valence-electron chi connectivity index (χ1n) is 10.2. The van der Waals surface area contributed by atoms with Gasteiger partial charge < -0.3 is 24.7 Å². The van der Waals surface area contributed by atoms with E-state index in [-0.39, 0.29) is 36.7 Å². The molecule has 32 heavy (non-hydrogen) atoms. The molecule has 0 aliphatic carbocycles. The Balaban J connectivity index is 1.54. The normalized spacial score (nSPS) is 24.7. The fraction of sp³-hybridized carbons (Fsp3) is 0.571. The number of anilines is 1. The molecular weight excluding hydrogens is 423 g/mol. The van der Waals surface area contributed by atoms with Crippen LogP contribution in [-0.4, -0.2) is 59.3 Å². The van der Waals surface area contributed by atoms with Gasteiger partial charge in [0.2, 0.25) is 5.60 Å². The number of terminal acetylenes is 1. The number of carbonyl (C=O) groups excluding carboxylic acids is 2. The molecule has 2 aliphatic rings. The number of aliphatic imine (C=N–C) groups is 1. The van der Waals surface area contributed by atoms with Crippen LogP contribution in [0.5, 0.6) is 0 Å². The summed E-state index contributed by atoms with van der Waals surface area (Å²) in [7, 11) is 0. The maximum Gasteiger partial charge on any atom is 0.510 e. The molecule has 0 aromatic carbocycles. The first kappa shape index (κ1) is 23.6. The molecule has 0 bridgehead atoms. The van der Waals surface area contributed by atoms with Crippen molar-refractivity contribution in [3.8, 4) is 12.3 Å². The largest absolute Gasteiger partial charge is 0.510 e. The Bertz CT molecular complexity index is 947. The van der Waals surface area contributed by atoms with E-state index in [4.69, 9.17) is 31.1 Å². The van der Waals surface area contributed by atoms with Crippen molar-refractivity contribution >= 4 is 29.7 Å². The molecule has 1 unspecified atom stereocenters. The van der Waals surface area contributed by atoms with Gasteiger partial charge in [-0.1, -0.05) is 5.92 Å². The lowest BCUT2D eigenvalue weighted by Gasteiger charge is -2.23. The summed E-state index contributed by atoms with van der Waals surface area (Å²) in [6, 6.07) is 0. The lowest BCUT2D eigenvalue weighted by Crippen LogP contribution is -2.40. The Morgan fingerprint density at radius 1 is 1.47 bits per heavy atom. The zero-order valence-corrected chi connectivity index (χ0v) is 17.9. The van der Waals surface area contributed by atoms with Gasteiger partial charge in [-0.05, 0) is 39.0 Å². The number of nitrogens with zero attached hydrogens (tertiary/aromatic N) is 3. The topological polar surface area (TPSA) is 135 Å². The molecule has 2 N–H and O–H groups in total. The van der Waals surface area contributed by atoms with Crippen LogP contribution < -0.4 is 5.73 Å². The average molecular weight is 448 g/mol. The number of rotatable bonds is 7.